The second kappa shape index (κ2) is 4.98. The number of nitrogens with zero attached hydrogens (tertiary/aromatic N) is 1. The molecule has 2 nitrogen and oxygen atoms in total. The highest BCUT2D eigenvalue weighted by Crippen LogP contribution is 1.71. The molecule has 0 unspecified atom stereocenters. The summed E-state index contributed by atoms with van der Waals surface area (Å²) in [6.07, 6.45) is 0.920. The minimum Gasteiger partial charge on any atom is -0.330 e. The Morgan fingerprint density at radius 1 is 1.67 bits per heavy atom. The minimum absolute atomic E-state index is 0.695. The van der Waals surface area contributed by atoms with Crippen molar-refractivity contribution < 1.29 is 0 Å². The lowest BCUT2D eigenvalue weighted by Gasteiger charge is -1.81. The molecule has 0 aliphatic heterocycles. The van der Waals surface area contributed by atoms with Crippen molar-refractivity contribution in [2.24, 2.45) is 10.1 Å². The molecule has 0 saturated carbocycles. The number of rotatable bonds is 3. The molecular formula is C3H8N2S. The summed E-state index contributed by atoms with van der Waals surface area (Å²) in [4.78, 5) is 0. The topological polar surface area (TPSA) is 38.4 Å². The fourth-order valence-corrected chi connectivity index (χ4v) is 0.285. The average Bonchev–Trinajstić information content (AvgIpc) is 1.61. The van der Waals surface area contributed by atoms with Gasteiger partial charge in [0.1, 0.15) is 0 Å². The van der Waals surface area contributed by atoms with Gasteiger partial charge in [0.15, 0.2) is 0 Å². The van der Waals surface area contributed by atoms with Gasteiger partial charge in [0.25, 0.3) is 0 Å². The van der Waals surface area contributed by atoms with E-state index in [1.54, 1.807) is 0 Å². The van der Waals surface area contributed by atoms with Crippen molar-refractivity contribution in [2.75, 3.05) is 13.1 Å². The SMILES string of the molecule is NCCCN=S. The van der Waals surface area contributed by atoms with Crippen molar-refractivity contribution in [1.29, 1.82) is 0 Å². The molecule has 0 aliphatic rings. The van der Waals surface area contributed by atoms with E-state index in [4.69, 9.17) is 5.73 Å². The maximum absolute atomic E-state index is 5.11. The first-order valence-corrected chi connectivity index (χ1v) is 2.27. The Kier molecular flexibility index (Phi) is 4.96. The summed E-state index contributed by atoms with van der Waals surface area (Å²) in [7, 11) is 0. The smallest absolute Gasteiger partial charge is 0.0533 e. The average molecular weight is 104 g/mol. The Labute approximate surface area is 42.9 Å². The number of hydrogen-bond donors (Lipinski definition) is 1. The molecule has 0 rings (SSSR count). The molecule has 36 valence electrons. The Morgan fingerprint density at radius 3 is 2.50 bits per heavy atom. The van der Waals surface area contributed by atoms with Gasteiger partial charge in [-0.1, -0.05) is 0 Å². The summed E-state index contributed by atoms with van der Waals surface area (Å²) in [5.74, 6) is 0. The van der Waals surface area contributed by atoms with Crippen molar-refractivity contribution in [3.8, 4) is 0 Å². The van der Waals surface area contributed by atoms with Gasteiger partial charge in [-0.15, -0.1) is 0 Å². The molecule has 0 fully saturated rings. The van der Waals surface area contributed by atoms with Crippen LogP contribution in [0.15, 0.2) is 4.36 Å². The fraction of sp³-hybridized carbons (Fsp3) is 1.00. The van der Waals surface area contributed by atoms with E-state index in [2.05, 4.69) is 16.8 Å². The van der Waals surface area contributed by atoms with E-state index in [1.807, 2.05) is 0 Å². The maximum Gasteiger partial charge on any atom is 0.0533 e. The lowest BCUT2D eigenvalue weighted by atomic mass is 10.4. The number of hydrogen-bond acceptors (Lipinski definition) is 3. The van der Waals surface area contributed by atoms with Crippen LogP contribution < -0.4 is 5.73 Å². The van der Waals surface area contributed by atoms with Crippen LogP contribution in [0.25, 0.3) is 0 Å². The summed E-state index contributed by atoms with van der Waals surface area (Å²) in [5.41, 5.74) is 5.11. The predicted molar refractivity (Wildman–Crippen MR) is 28.3 cm³/mol. The molecule has 0 heterocycles. The summed E-state index contributed by atoms with van der Waals surface area (Å²) >= 11 is 4.29. The third-order valence-corrected chi connectivity index (χ3v) is 0.636. The van der Waals surface area contributed by atoms with Gasteiger partial charge in [-0.25, -0.2) is 4.36 Å². The molecule has 0 aromatic rings. The molecule has 0 aliphatic carbocycles. The first-order chi connectivity index (χ1) is 2.91. The van der Waals surface area contributed by atoms with Gasteiger partial charge >= 0.3 is 0 Å². The fourth-order valence-electron chi connectivity index (χ4n) is 0.156. The normalized spacial score (nSPS) is 8.17. The Hall–Kier alpha value is -0.0200. The zero-order valence-electron chi connectivity index (χ0n) is 3.55. The largest absolute Gasteiger partial charge is 0.330 e. The molecule has 0 saturated heterocycles. The quantitative estimate of drug-likeness (QED) is 0.514. The maximum atomic E-state index is 5.11. The van der Waals surface area contributed by atoms with E-state index in [0.29, 0.717) is 6.54 Å². The zero-order chi connectivity index (χ0) is 4.83. The lowest BCUT2D eigenvalue weighted by molar-refractivity contribution is 0.853. The van der Waals surface area contributed by atoms with Crippen molar-refractivity contribution in [3.63, 3.8) is 0 Å². The van der Waals surface area contributed by atoms with E-state index in [0.717, 1.165) is 13.0 Å². The summed E-state index contributed by atoms with van der Waals surface area (Å²) in [6.45, 7) is 1.42. The van der Waals surface area contributed by atoms with Gasteiger partial charge < -0.3 is 5.73 Å². The van der Waals surface area contributed by atoms with Crippen molar-refractivity contribution in [1.82, 2.24) is 0 Å². The minimum atomic E-state index is 0.695. The van der Waals surface area contributed by atoms with Gasteiger partial charge in [-0.2, -0.15) is 0 Å². The van der Waals surface area contributed by atoms with Gasteiger partial charge in [0.05, 0.1) is 6.54 Å². The van der Waals surface area contributed by atoms with Gasteiger partial charge in [0.2, 0.25) is 0 Å². The third-order valence-electron chi connectivity index (χ3n) is 0.454. The van der Waals surface area contributed by atoms with Crippen molar-refractivity contribution >= 4 is 12.4 Å². The summed E-state index contributed by atoms with van der Waals surface area (Å²) < 4.78 is 3.43. The van der Waals surface area contributed by atoms with E-state index in [1.165, 1.54) is 0 Å². The van der Waals surface area contributed by atoms with Gasteiger partial charge in [0, 0.05) is 12.4 Å². The molecule has 0 radical (unpaired) electrons. The second-order valence-corrected chi connectivity index (χ2v) is 1.25. The van der Waals surface area contributed by atoms with Crippen LogP contribution in [0.3, 0.4) is 0 Å². The first-order valence-electron chi connectivity index (χ1n) is 1.91. The Bertz CT molecular complexity index is 37.8. The van der Waals surface area contributed by atoms with Crippen LogP contribution in [0.5, 0.6) is 0 Å². The lowest BCUT2D eigenvalue weighted by Crippen LogP contribution is -1.99. The Morgan fingerprint density at radius 2 is 2.33 bits per heavy atom. The number of nitrogens with two attached hydrogens (primary N) is 1. The Balaban J connectivity index is 2.49. The standard InChI is InChI=1S/C3H8N2S/c4-2-1-3-5-6/h1-4H2. The van der Waals surface area contributed by atoms with Gasteiger partial charge in [-0.3, -0.25) is 0 Å². The molecule has 0 spiro atoms. The highest BCUT2D eigenvalue weighted by atomic mass is 32.1. The van der Waals surface area contributed by atoms with Crippen LogP contribution in [-0.4, -0.2) is 13.1 Å². The van der Waals surface area contributed by atoms with Crippen LogP contribution in [0, 0.1) is 0 Å². The summed E-state index contributed by atoms with van der Waals surface area (Å²) in [6, 6.07) is 0. The zero-order valence-corrected chi connectivity index (χ0v) is 4.37. The van der Waals surface area contributed by atoms with Crippen molar-refractivity contribution in [3.05, 3.63) is 0 Å². The second-order valence-electron chi connectivity index (χ2n) is 0.995. The van der Waals surface area contributed by atoms with E-state index >= 15 is 0 Å². The molecule has 0 aromatic carbocycles. The van der Waals surface area contributed by atoms with E-state index in [-0.39, 0.29) is 0 Å². The molecule has 2 N–H and O–H groups in total. The van der Waals surface area contributed by atoms with Crippen LogP contribution in [0.4, 0.5) is 0 Å². The van der Waals surface area contributed by atoms with Gasteiger partial charge in [-0.05, 0) is 13.0 Å². The molecule has 3 heteroatoms. The van der Waals surface area contributed by atoms with Crippen LogP contribution in [-0.2, 0) is 12.4 Å². The van der Waals surface area contributed by atoms with E-state index in [9.17, 15) is 0 Å². The predicted octanol–water partition coefficient (Wildman–Crippen LogP) is 0.0657. The first kappa shape index (κ1) is 5.98. The molecule has 0 aromatic heterocycles. The van der Waals surface area contributed by atoms with Crippen molar-refractivity contribution in [2.45, 2.75) is 6.42 Å². The van der Waals surface area contributed by atoms with Crippen LogP contribution in [0.1, 0.15) is 6.42 Å². The third kappa shape index (κ3) is 3.98. The van der Waals surface area contributed by atoms with Crippen LogP contribution >= 0.6 is 0 Å². The molecular weight excluding hydrogens is 96.1 g/mol. The van der Waals surface area contributed by atoms with Crippen LogP contribution in [0.2, 0.25) is 0 Å². The molecule has 0 atom stereocenters. The molecule has 0 bridgehead atoms. The highest BCUT2D eigenvalue weighted by Gasteiger charge is 1.73. The molecule has 6 heavy (non-hydrogen) atoms. The monoisotopic (exact) mass is 104 g/mol. The molecule has 0 amide bonds. The van der Waals surface area contributed by atoms with E-state index < -0.39 is 0 Å². The highest BCUT2D eigenvalue weighted by molar-refractivity contribution is 7.47. The summed E-state index contributed by atoms with van der Waals surface area (Å²) in [5, 5.41) is 0.